The van der Waals surface area contributed by atoms with Crippen molar-refractivity contribution in [3.05, 3.63) is 11.6 Å². The van der Waals surface area contributed by atoms with Gasteiger partial charge < -0.3 is 9.53 Å². The molecule has 6 atom stereocenters. The molecule has 4 rings (SSSR count). The van der Waals surface area contributed by atoms with E-state index in [1.54, 1.807) is 0 Å². The zero-order valence-corrected chi connectivity index (χ0v) is 15.3. The Labute approximate surface area is 149 Å². The topological polar surface area (TPSA) is 60.4 Å². The van der Waals surface area contributed by atoms with Gasteiger partial charge in [0.25, 0.3) is 0 Å². The quantitative estimate of drug-likeness (QED) is 0.436. The molecule has 4 aliphatic carbocycles. The average Bonchev–Trinajstić information content (AvgIpc) is 2.89. The lowest BCUT2D eigenvalue weighted by molar-refractivity contribution is -0.149. The van der Waals surface area contributed by atoms with Crippen molar-refractivity contribution < 1.29 is 19.1 Å². The fourth-order valence-electron chi connectivity index (χ4n) is 6.66. The second kappa shape index (κ2) is 5.78. The summed E-state index contributed by atoms with van der Waals surface area (Å²) in [5.41, 5.74) is 0.645. The van der Waals surface area contributed by atoms with Crippen LogP contribution < -0.4 is 0 Å². The van der Waals surface area contributed by atoms with E-state index < -0.39 is 0 Å². The fourth-order valence-corrected chi connectivity index (χ4v) is 6.66. The second-order valence-electron chi connectivity index (χ2n) is 8.89. The molecule has 0 aromatic carbocycles. The van der Waals surface area contributed by atoms with Crippen LogP contribution in [0.5, 0.6) is 0 Å². The molecule has 0 N–H and O–H groups in total. The highest BCUT2D eigenvalue weighted by Crippen LogP contribution is 2.63. The van der Waals surface area contributed by atoms with Gasteiger partial charge in [0.1, 0.15) is 18.2 Å². The van der Waals surface area contributed by atoms with Gasteiger partial charge in [0.05, 0.1) is 5.41 Å². The fraction of sp³-hybridized carbons (Fsp3) is 0.762. The first kappa shape index (κ1) is 17.0. The van der Waals surface area contributed by atoms with E-state index in [0.29, 0.717) is 36.4 Å². The molecule has 136 valence electrons. The Morgan fingerprint density at radius 1 is 1.24 bits per heavy atom. The molecule has 0 aliphatic heterocycles. The molecule has 4 aliphatic rings. The Morgan fingerprint density at radius 2 is 2.04 bits per heavy atom. The number of ketones is 1. The predicted octanol–water partition coefficient (Wildman–Crippen LogP) is 3.63. The molecule has 0 heterocycles. The lowest BCUT2D eigenvalue weighted by Gasteiger charge is -2.55. The normalized spacial score (nSPS) is 45.7. The number of ether oxygens (including phenoxy) is 1. The summed E-state index contributed by atoms with van der Waals surface area (Å²) in [7, 11) is 0. The Morgan fingerprint density at radius 3 is 2.76 bits per heavy atom. The summed E-state index contributed by atoms with van der Waals surface area (Å²) in [6, 6.07) is 0. The van der Waals surface area contributed by atoms with Crippen LogP contribution in [0.1, 0.15) is 65.2 Å². The smallest absolute Gasteiger partial charge is 0.302 e. The van der Waals surface area contributed by atoms with E-state index in [1.807, 2.05) is 0 Å². The number of Topliss-reactive ketones (excluding diaryl/α,β-unsaturated/α-hetero) is 1. The summed E-state index contributed by atoms with van der Waals surface area (Å²) in [5, 5.41) is 0. The zero-order chi connectivity index (χ0) is 17.8. The van der Waals surface area contributed by atoms with E-state index in [0.717, 1.165) is 38.5 Å². The lowest BCUT2D eigenvalue weighted by Crippen LogP contribution is -2.52. The lowest BCUT2D eigenvalue weighted by atomic mass is 9.48. The van der Waals surface area contributed by atoms with Gasteiger partial charge in [-0.15, -0.1) is 0 Å². The Hall–Kier alpha value is -1.45. The number of esters is 1. The van der Waals surface area contributed by atoms with Crippen LogP contribution in [0.4, 0.5) is 0 Å². The molecule has 0 amide bonds. The maximum atomic E-state index is 12.4. The molecule has 0 aromatic heterocycles. The first-order chi connectivity index (χ1) is 11.9. The molecular formula is C21H28O4. The molecule has 4 nitrogen and oxygen atoms in total. The van der Waals surface area contributed by atoms with Gasteiger partial charge in [-0.3, -0.25) is 9.59 Å². The summed E-state index contributed by atoms with van der Waals surface area (Å²) in [6.07, 6.45) is 10.2. The summed E-state index contributed by atoms with van der Waals surface area (Å²) < 4.78 is 5.42. The largest absolute Gasteiger partial charge is 0.462 e. The van der Waals surface area contributed by atoms with Crippen molar-refractivity contribution in [1.82, 2.24) is 0 Å². The van der Waals surface area contributed by atoms with Gasteiger partial charge >= 0.3 is 5.97 Å². The number of hydrogen-bond donors (Lipinski definition) is 0. The van der Waals surface area contributed by atoms with E-state index in [9.17, 15) is 14.4 Å². The van der Waals surface area contributed by atoms with Crippen LogP contribution in [0.15, 0.2) is 11.6 Å². The van der Waals surface area contributed by atoms with Crippen molar-refractivity contribution in [1.29, 1.82) is 0 Å². The first-order valence-corrected chi connectivity index (χ1v) is 9.77. The third kappa shape index (κ3) is 2.36. The molecular weight excluding hydrogens is 316 g/mol. The molecule has 0 radical (unpaired) electrons. The predicted molar refractivity (Wildman–Crippen MR) is 92.7 cm³/mol. The number of carbonyl (C=O) groups is 3. The number of aldehydes is 1. The second-order valence-corrected chi connectivity index (χ2v) is 8.89. The van der Waals surface area contributed by atoms with Gasteiger partial charge in [-0.2, -0.15) is 0 Å². The minimum Gasteiger partial charge on any atom is -0.462 e. The third-order valence-electron chi connectivity index (χ3n) is 7.91. The zero-order valence-electron chi connectivity index (χ0n) is 15.3. The highest BCUT2D eigenvalue weighted by Gasteiger charge is 2.60. The monoisotopic (exact) mass is 344 g/mol. The maximum Gasteiger partial charge on any atom is 0.302 e. The Kier molecular flexibility index (Phi) is 3.93. The highest BCUT2D eigenvalue weighted by atomic mass is 16.5. The van der Waals surface area contributed by atoms with Crippen LogP contribution in [-0.2, 0) is 19.1 Å². The van der Waals surface area contributed by atoms with Crippen molar-refractivity contribution in [3.63, 3.8) is 0 Å². The minimum atomic E-state index is -0.382. The van der Waals surface area contributed by atoms with E-state index in [4.69, 9.17) is 4.74 Å². The van der Waals surface area contributed by atoms with Gasteiger partial charge in [-0.05, 0) is 56.3 Å². The number of fused-ring (bicyclic) bond motifs is 5. The number of rotatable bonds is 2. The molecule has 0 bridgehead atoms. The molecule has 25 heavy (non-hydrogen) atoms. The summed E-state index contributed by atoms with van der Waals surface area (Å²) in [4.78, 5) is 36.1. The van der Waals surface area contributed by atoms with Crippen molar-refractivity contribution in [2.24, 2.45) is 28.6 Å². The summed E-state index contributed by atoms with van der Waals surface area (Å²) >= 11 is 0. The molecule has 0 spiro atoms. The maximum absolute atomic E-state index is 12.4. The Bertz CT molecular complexity index is 650. The van der Waals surface area contributed by atoms with E-state index in [2.05, 4.69) is 13.0 Å². The van der Waals surface area contributed by atoms with Crippen molar-refractivity contribution >= 4 is 18.0 Å². The van der Waals surface area contributed by atoms with Gasteiger partial charge in [-0.25, -0.2) is 0 Å². The van der Waals surface area contributed by atoms with Gasteiger partial charge in [-0.1, -0.05) is 18.6 Å². The van der Waals surface area contributed by atoms with Crippen LogP contribution in [0.2, 0.25) is 0 Å². The average molecular weight is 344 g/mol. The summed E-state index contributed by atoms with van der Waals surface area (Å²) in [6.45, 7) is 3.61. The number of hydrogen-bond acceptors (Lipinski definition) is 4. The van der Waals surface area contributed by atoms with E-state index in [-0.39, 0.29) is 22.9 Å². The van der Waals surface area contributed by atoms with Crippen LogP contribution >= 0.6 is 0 Å². The molecule has 6 unspecified atom stereocenters. The molecule has 4 heteroatoms. The Balaban J connectivity index is 1.64. The number of allylic oxidation sites excluding steroid dienone is 1. The van der Waals surface area contributed by atoms with Gasteiger partial charge in [0, 0.05) is 25.2 Å². The molecule has 0 aromatic rings. The van der Waals surface area contributed by atoms with Crippen LogP contribution in [0, 0.1) is 28.6 Å². The minimum absolute atomic E-state index is 0.0877. The summed E-state index contributed by atoms with van der Waals surface area (Å²) in [5.74, 6) is 1.43. The number of carbonyl (C=O) groups excluding carboxylic acids is 3. The molecule has 3 fully saturated rings. The standard InChI is InChI=1S/C21H28O4/c1-13(23)25-15-7-10-21(12-22)14(11-15)3-4-16-17-5-6-19(24)20(17,2)9-8-18(16)21/h3,12,15-18H,4-11H2,1-2H3. The van der Waals surface area contributed by atoms with E-state index in [1.165, 1.54) is 18.8 Å². The van der Waals surface area contributed by atoms with Crippen LogP contribution in [-0.4, -0.2) is 24.1 Å². The molecule has 0 saturated heterocycles. The van der Waals surface area contributed by atoms with Crippen molar-refractivity contribution in [3.8, 4) is 0 Å². The molecule has 3 saturated carbocycles. The highest BCUT2D eigenvalue weighted by molar-refractivity contribution is 5.87. The first-order valence-electron chi connectivity index (χ1n) is 9.77. The van der Waals surface area contributed by atoms with Crippen molar-refractivity contribution in [2.75, 3.05) is 0 Å². The SMILES string of the molecule is CC(=O)OC1CCC2(C=O)C(=CCC3C4CCC(=O)C4(C)CCC32)C1. The van der Waals surface area contributed by atoms with E-state index >= 15 is 0 Å². The van der Waals surface area contributed by atoms with Gasteiger partial charge in [0.15, 0.2) is 0 Å². The van der Waals surface area contributed by atoms with Crippen molar-refractivity contribution in [2.45, 2.75) is 71.3 Å². The van der Waals surface area contributed by atoms with Gasteiger partial charge in [0.2, 0.25) is 0 Å². The van der Waals surface area contributed by atoms with Crippen LogP contribution in [0.25, 0.3) is 0 Å². The third-order valence-corrected chi connectivity index (χ3v) is 7.91. The van der Waals surface area contributed by atoms with Crippen LogP contribution in [0.3, 0.4) is 0 Å².